The second kappa shape index (κ2) is 5.78. The van der Waals surface area contributed by atoms with E-state index in [2.05, 4.69) is 11.7 Å². The summed E-state index contributed by atoms with van der Waals surface area (Å²) in [5, 5.41) is 0.741. The number of halogens is 1. The second-order valence-electron chi connectivity index (χ2n) is 2.09. The molecule has 1 nitrogen and oxygen atoms in total. The molecule has 0 atom stereocenters. The van der Waals surface area contributed by atoms with Crippen molar-refractivity contribution >= 4 is 24.0 Å². The Bertz CT molecular complexity index is 256. The Morgan fingerprint density at radius 3 is 2.33 bits per heavy atom. The number of rotatable bonds is 1. The van der Waals surface area contributed by atoms with Crippen LogP contribution in [0.2, 0.25) is 5.02 Å². The number of benzene rings is 1. The van der Waals surface area contributed by atoms with E-state index in [-0.39, 0.29) is 0 Å². The van der Waals surface area contributed by atoms with Gasteiger partial charge in [-0.05, 0) is 37.4 Å². The zero-order valence-corrected chi connectivity index (χ0v) is 8.52. The summed E-state index contributed by atoms with van der Waals surface area (Å²) in [4.78, 5) is 3.80. The summed E-state index contributed by atoms with van der Waals surface area (Å²) in [7, 11) is 0. The molecule has 0 radical (unpaired) electrons. The zero-order valence-electron chi connectivity index (χ0n) is 7.76. The maximum Gasteiger partial charge on any atom is 0.0652 e. The highest BCUT2D eigenvalue weighted by Gasteiger charge is 1.93. The molecule has 0 saturated heterocycles. The topological polar surface area (TPSA) is 12.4 Å². The van der Waals surface area contributed by atoms with E-state index in [9.17, 15) is 0 Å². The molecule has 0 saturated carbocycles. The lowest BCUT2D eigenvalue weighted by Crippen LogP contribution is -1.72. The molecule has 0 aromatic heterocycles. The molecule has 12 heavy (non-hydrogen) atoms. The van der Waals surface area contributed by atoms with Crippen LogP contribution in [0.5, 0.6) is 0 Å². The average Bonchev–Trinajstić information content (AvgIpc) is 2.08. The molecule has 1 rings (SSSR count). The SMILES string of the molecule is C=Nc1ccc(Cl)cc1C.CC. The minimum Gasteiger partial charge on any atom is -0.264 e. The van der Waals surface area contributed by atoms with Gasteiger partial charge in [-0.25, -0.2) is 0 Å². The van der Waals surface area contributed by atoms with Crippen LogP contribution in [-0.2, 0) is 0 Å². The van der Waals surface area contributed by atoms with Crippen molar-refractivity contribution in [1.82, 2.24) is 0 Å². The molecular formula is C10H14ClN. The van der Waals surface area contributed by atoms with Gasteiger partial charge in [0.15, 0.2) is 0 Å². The highest BCUT2D eigenvalue weighted by molar-refractivity contribution is 6.30. The van der Waals surface area contributed by atoms with Gasteiger partial charge in [-0.3, -0.25) is 4.99 Å². The van der Waals surface area contributed by atoms with E-state index in [1.165, 1.54) is 0 Å². The van der Waals surface area contributed by atoms with E-state index >= 15 is 0 Å². The fourth-order valence-electron chi connectivity index (χ4n) is 0.796. The maximum absolute atomic E-state index is 5.71. The minimum atomic E-state index is 0.741. The molecule has 0 aliphatic carbocycles. The number of hydrogen-bond acceptors (Lipinski definition) is 1. The highest BCUT2D eigenvalue weighted by atomic mass is 35.5. The van der Waals surface area contributed by atoms with Gasteiger partial charge in [-0.1, -0.05) is 25.4 Å². The standard InChI is InChI=1S/C8H8ClN.C2H6/c1-6-5-7(9)3-4-8(6)10-2;1-2/h3-5H,2H2,1H3;1-2H3. The Kier molecular flexibility index (Phi) is 5.39. The van der Waals surface area contributed by atoms with E-state index in [0.717, 1.165) is 16.3 Å². The molecule has 1 aromatic carbocycles. The molecule has 0 amide bonds. The van der Waals surface area contributed by atoms with Crippen LogP contribution in [-0.4, -0.2) is 6.72 Å². The predicted molar refractivity (Wildman–Crippen MR) is 56.7 cm³/mol. The summed E-state index contributed by atoms with van der Waals surface area (Å²) in [6, 6.07) is 5.52. The van der Waals surface area contributed by atoms with Gasteiger partial charge in [0, 0.05) is 5.02 Å². The third kappa shape index (κ3) is 3.05. The average molecular weight is 184 g/mol. The monoisotopic (exact) mass is 183 g/mol. The van der Waals surface area contributed by atoms with Gasteiger partial charge in [0.2, 0.25) is 0 Å². The van der Waals surface area contributed by atoms with E-state index in [4.69, 9.17) is 11.6 Å². The van der Waals surface area contributed by atoms with Crippen LogP contribution in [0, 0.1) is 6.92 Å². The van der Waals surface area contributed by atoms with Gasteiger partial charge in [0.25, 0.3) is 0 Å². The summed E-state index contributed by atoms with van der Waals surface area (Å²) in [6.07, 6.45) is 0. The van der Waals surface area contributed by atoms with Crippen LogP contribution in [0.3, 0.4) is 0 Å². The van der Waals surface area contributed by atoms with Crippen molar-refractivity contribution in [2.75, 3.05) is 0 Å². The molecular weight excluding hydrogens is 170 g/mol. The number of hydrogen-bond donors (Lipinski definition) is 0. The maximum atomic E-state index is 5.71. The molecule has 0 heterocycles. The number of aliphatic imine (C=N–C) groups is 1. The summed E-state index contributed by atoms with van der Waals surface area (Å²) in [5.41, 5.74) is 1.95. The fourth-order valence-corrected chi connectivity index (χ4v) is 1.02. The summed E-state index contributed by atoms with van der Waals surface area (Å²) >= 11 is 5.71. The first-order valence-corrected chi connectivity index (χ1v) is 4.34. The Labute approximate surface area is 79.1 Å². The van der Waals surface area contributed by atoms with Crippen LogP contribution in [0.4, 0.5) is 5.69 Å². The minimum absolute atomic E-state index is 0.741. The lowest BCUT2D eigenvalue weighted by atomic mass is 10.2. The molecule has 0 bridgehead atoms. The summed E-state index contributed by atoms with van der Waals surface area (Å²) in [5.74, 6) is 0. The molecule has 0 aliphatic rings. The van der Waals surface area contributed by atoms with Crippen LogP contribution < -0.4 is 0 Å². The van der Waals surface area contributed by atoms with E-state index in [0.29, 0.717) is 0 Å². The van der Waals surface area contributed by atoms with Gasteiger partial charge < -0.3 is 0 Å². The number of nitrogens with zero attached hydrogens (tertiary/aromatic N) is 1. The molecule has 0 unspecified atom stereocenters. The first kappa shape index (κ1) is 11.2. The van der Waals surface area contributed by atoms with Crippen molar-refractivity contribution in [3.63, 3.8) is 0 Å². The van der Waals surface area contributed by atoms with Crippen molar-refractivity contribution in [2.24, 2.45) is 4.99 Å². The van der Waals surface area contributed by atoms with E-state index in [1.807, 2.05) is 32.9 Å². The molecule has 2 heteroatoms. The summed E-state index contributed by atoms with van der Waals surface area (Å²) in [6.45, 7) is 9.38. The summed E-state index contributed by atoms with van der Waals surface area (Å²) < 4.78 is 0. The van der Waals surface area contributed by atoms with Crippen molar-refractivity contribution < 1.29 is 0 Å². The zero-order chi connectivity index (χ0) is 9.56. The smallest absolute Gasteiger partial charge is 0.0652 e. The number of aryl methyl sites for hydroxylation is 1. The van der Waals surface area contributed by atoms with Crippen LogP contribution >= 0.6 is 11.6 Å². The Morgan fingerprint density at radius 2 is 1.92 bits per heavy atom. The van der Waals surface area contributed by atoms with E-state index < -0.39 is 0 Å². The van der Waals surface area contributed by atoms with Crippen LogP contribution in [0.25, 0.3) is 0 Å². The van der Waals surface area contributed by atoms with Crippen molar-refractivity contribution in [3.05, 3.63) is 28.8 Å². The van der Waals surface area contributed by atoms with Crippen molar-refractivity contribution in [2.45, 2.75) is 20.8 Å². The van der Waals surface area contributed by atoms with Gasteiger partial charge in [-0.15, -0.1) is 0 Å². The van der Waals surface area contributed by atoms with Crippen molar-refractivity contribution in [1.29, 1.82) is 0 Å². The first-order chi connectivity index (χ1) is 5.74. The predicted octanol–water partition coefficient (Wildman–Crippen LogP) is 4.01. The van der Waals surface area contributed by atoms with E-state index in [1.54, 1.807) is 6.07 Å². The Morgan fingerprint density at radius 1 is 1.33 bits per heavy atom. The van der Waals surface area contributed by atoms with Crippen LogP contribution in [0.1, 0.15) is 19.4 Å². The van der Waals surface area contributed by atoms with Gasteiger partial charge >= 0.3 is 0 Å². The molecule has 66 valence electrons. The molecule has 0 spiro atoms. The lowest BCUT2D eigenvalue weighted by Gasteiger charge is -1.97. The molecule has 1 aromatic rings. The molecule has 0 aliphatic heterocycles. The first-order valence-electron chi connectivity index (χ1n) is 3.97. The lowest BCUT2D eigenvalue weighted by molar-refractivity contribution is 1.41. The van der Waals surface area contributed by atoms with Gasteiger partial charge in [0.05, 0.1) is 5.69 Å². The van der Waals surface area contributed by atoms with Crippen molar-refractivity contribution in [3.8, 4) is 0 Å². The highest BCUT2D eigenvalue weighted by Crippen LogP contribution is 2.21. The Balaban J connectivity index is 0.000000561. The molecule has 0 N–H and O–H groups in total. The largest absolute Gasteiger partial charge is 0.264 e. The van der Waals surface area contributed by atoms with Crippen LogP contribution in [0.15, 0.2) is 23.2 Å². The third-order valence-corrected chi connectivity index (χ3v) is 1.56. The third-order valence-electron chi connectivity index (χ3n) is 1.33. The quantitative estimate of drug-likeness (QED) is 0.584. The van der Waals surface area contributed by atoms with Gasteiger partial charge in [-0.2, -0.15) is 0 Å². The normalized spacial score (nSPS) is 8.33. The fraction of sp³-hybridized carbons (Fsp3) is 0.300. The van der Waals surface area contributed by atoms with Gasteiger partial charge in [0.1, 0.15) is 0 Å². The second-order valence-corrected chi connectivity index (χ2v) is 2.53. The molecule has 0 fully saturated rings. The Hall–Kier alpha value is -0.820.